The molecule has 0 saturated carbocycles. The molecule has 0 amide bonds. The zero-order valence-corrected chi connectivity index (χ0v) is 17.1. The summed E-state index contributed by atoms with van der Waals surface area (Å²) in [6.07, 6.45) is 1.95. The molecule has 0 unspecified atom stereocenters. The summed E-state index contributed by atoms with van der Waals surface area (Å²) in [7, 11) is 3.11. The second kappa shape index (κ2) is 8.06. The van der Waals surface area contributed by atoms with Crippen molar-refractivity contribution in [1.82, 2.24) is 14.8 Å². The van der Waals surface area contributed by atoms with Crippen molar-refractivity contribution in [2.75, 3.05) is 26.1 Å². The van der Waals surface area contributed by atoms with Crippen molar-refractivity contribution in [2.45, 2.75) is 19.8 Å². The molecule has 2 aromatic carbocycles. The first-order chi connectivity index (χ1) is 14.6. The number of fused-ring (bicyclic) bond motifs is 3. The molecule has 4 aromatic rings. The van der Waals surface area contributed by atoms with E-state index in [0.717, 1.165) is 12.8 Å². The number of benzene rings is 2. The molecule has 0 aliphatic heterocycles. The van der Waals surface area contributed by atoms with E-state index in [1.54, 1.807) is 38.5 Å². The van der Waals surface area contributed by atoms with E-state index in [4.69, 9.17) is 14.5 Å². The van der Waals surface area contributed by atoms with Gasteiger partial charge >= 0.3 is 0 Å². The average Bonchev–Trinajstić information content (AvgIpc) is 3.10. The van der Waals surface area contributed by atoms with E-state index in [9.17, 15) is 9.18 Å². The van der Waals surface area contributed by atoms with Gasteiger partial charge in [0.05, 0.1) is 30.9 Å². The zero-order valence-electron chi connectivity index (χ0n) is 17.1. The molecule has 2 N–H and O–H groups in total. The summed E-state index contributed by atoms with van der Waals surface area (Å²) in [4.78, 5) is 18.0. The monoisotopic (exact) mass is 410 g/mol. The highest BCUT2D eigenvalue weighted by molar-refractivity contribution is 6.08. The molecular weight excluding hydrogens is 387 g/mol. The summed E-state index contributed by atoms with van der Waals surface area (Å²) in [6, 6.07) is 9.43. The quantitative estimate of drug-likeness (QED) is 0.446. The Morgan fingerprint density at radius 1 is 1.17 bits per heavy atom. The number of aromatic nitrogens is 3. The van der Waals surface area contributed by atoms with Crippen molar-refractivity contribution in [3.05, 3.63) is 52.6 Å². The van der Waals surface area contributed by atoms with Gasteiger partial charge in [0.2, 0.25) is 0 Å². The molecule has 0 spiro atoms. The van der Waals surface area contributed by atoms with Crippen LogP contribution >= 0.6 is 0 Å². The van der Waals surface area contributed by atoms with Gasteiger partial charge in [-0.3, -0.25) is 9.89 Å². The van der Waals surface area contributed by atoms with E-state index >= 15 is 0 Å². The number of hydrogen-bond acceptors (Lipinski definition) is 5. The van der Waals surface area contributed by atoms with Crippen LogP contribution in [0.1, 0.15) is 19.8 Å². The molecule has 2 heterocycles. The highest BCUT2D eigenvalue weighted by Crippen LogP contribution is 2.35. The molecule has 0 fully saturated rings. The Labute approximate surface area is 172 Å². The third kappa shape index (κ3) is 3.34. The fourth-order valence-corrected chi connectivity index (χ4v) is 3.50. The Morgan fingerprint density at radius 2 is 1.93 bits per heavy atom. The summed E-state index contributed by atoms with van der Waals surface area (Å²) in [6.45, 7) is 2.78. The predicted molar refractivity (Wildman–Crippen MR) is 116 cm³/mol. The lowest BCUT2D eigenvalue weighted by atomic mass is 10.1. The lowest BCUT2D eigenvalue weighted by molar-refractivity contribution is 0.356. The molecule has 2 aromatic heterocycles. The molecule has 0 aliphatic carbocycles. The Balaban J connectivity index is 2.04. The lowest BCUT2D eigenvalue weighted by Crippen LogP contribution is -2.16. The van der Waals surface area contributed by atoms with E-state index in [0.29, 0.717) is 51.4 Å². The average molecular weight is 410 g/mol. The number of methoxy groups -OCH3 is 2. The van der Waals surface area contributed by atoms with Crippen LogP contribution in [0.5, 0.6) is 11.5 Å². The lowest BCUT2D eigenvalue weighted by Gasteiger charge is -2.11. The van der Waals surface area contributed by atoms with Crippen LogP contribution < -0.4 is 20.3 Å². The molecule has 0 saturated heterocycles. The summed E-state index contributed by atoms with van der Waals surface area (Å²) < 4.78 is 25.9. The number of anilines is 1. The van der Waals surface area contributed by atoms with Gasteiger partial charge in [0.25, 0.3) is 5.56 Å². The molecule has 0 bridgehead atoms. The van der Waals surface area contributed by atoms with Crippen LogP contribution in [0.2, 0.25) is 0 Å². The van der Waals surface area contributed by atoms with Gasteiger partial charge in [-0.1, -0.05) is 19.4 Å². The maximum Gasteiger partial charge on any atom is 0.282 e. The maximum atomic E-state index is 13.8. The number of hydrogen-bond donors (Lipinski definition) is 2. The van der Waals surface area contributed by atoms with Crippen LogP contribution in [-0.4, -0.2) is 35.5 Å². The number of nitrogens with zero attached hydrogens (tertiary/aromatic N) is 2. The number of H-pyrrole nitrogens is 1. The van der Waals surface area contributed by atoms with Gasteiger partial charge in [-0.05, 0) is 30.7 Å². The molecule has 4 rings (SSSR count). The number of unbranched alkanes of at least 4 members (excludes halogenated alkanes) is 1. The fourth-order valence-electron chi connectivity index (χ4n) is 3.50. The van der Waals surface area contributed by atoms with Crippen LogP contribution in [0.15, 0.2) is 41.2 Å². The van der Waals surface area contributed by atoms with Gasteiger partial charge in [0.15, 0.2) is 11.5 Å². The van der Waals surface area contributed by atoms with Crippen molar-refractivity contribution in [3.8, 4) is 17.2 Å². The van der Waals surface area contributed by atoms with Crippen molar-refractivity contribution < 1.29 is 13.9 Å². The number of ether oxygens (including phenoxy) is 2. The SMILES string of the molecule is CCCCNc1nc2cc(OC)c(OC)cc2c2[nH]n(-c3cccc(F)c3)c(=O)c12. The van der Waals surface area contributed by atoms with Crippen LogP contribution in [0.4, 0.5) is 10.2 Å². The predicted octanol–water partition coefficient (Wildman–Crippen LogP) is 4.24. The Hall–Kier alpha value is -3.55. The molecular formula is C22H23FN4O3. The number of halogens is 1. The Kier molecular flexibility index (Phi) is 5.31. The van der Waals surface area contributed by atoms with E-state index in [1.807, 2.05) is 0 Å². The molecule has 0 atom stereocenters. The third-order valence-corrected chi connectivity index (χ3v) is 5.02. The van der Waals surface area contributed by atoms with Gasteiger partial charge in [-0.25, -0.2) is 14.1 Å². The van der Waals surface area contributed by atoms with Gasteiger partial charge in [0.1, 0.15) is 17.0 Å². The summed E-state index contributed by atoms with van der Waals surface area (Å²) >= 11 is 0. The first-order valence-corrected chi connectivity index (χ1v) is 9.77. The number of rotatable bonds is 7. The van der Waals surface area contributed by atoms with E-state index < -0.39 is 5.82 Å². The van der Waals surface area contributed by atoms with Crippen LogP contribution in [0.3, 0.4) is 0 Å². The minimum Gasteiger partial charge on any atom is -0.493 e. The highest BCUT2D eigenvalue weighted by atomic mass is 19.1. The molecule has 30 heavy (non-hydrogen) atoms. The second-order valence-electron chi connectivity index (χ2n) is 6.95. The van der Waals surface area contributed by atoms with Gasteiger partial charge in [-0.15, -0.1) is 0 Å². The molecule has 0 aliphatic rings. The first-order valence-electron chi connectivity index (χ1n) is 9.77. The number of aromatic amines is 1. The van der Waals surface area contributed by atoms with Gasteiger partial charge < -0.3 is 14.8 Å². The van der Waals surface area contributed by atoms with Crippen molar-refractivity contribution in [2.24, 2.45) is 0 Å². The normalized spacial score (nSPS) is 11.2. The summed E-state index contributed by atoms with van der Waals surface area (Å²) in [5, 5.41) is 7.52. The van der Waals surface area contributed by atoms with Crippen molar-refractivity contribution >= 4 is 27.6 Å². The first kappa shape index (κ1) is 19.8. The Bertz CT molecular complexity index is 1280. The zero-order chi connectivity index (χ0) is 21.3. The van der Waals surface area contributed by atoms with Crippen LogP contribution in [0.25, 0.3) is 27.5 Å². The smallest absolute Gasteiger partial charge is 0.282 e. The minimum atomic E-state index is -0.422. The molecule has 156 valence electrons. The molecule has 0 radical (unpaired) electrons. The van der Waals surface area contributed by atoms with E-state index in [2.05, 4.69) is 17.3 Å². The van der Waals surface area contributed by atoms with E-state index in [1.165, 1.54) is 16.8 Å². The topological polar surface area (TPSA) is 81.2 Å². The summed E-state index contributed by atoms with van der Waals surface area (Å²) in [5.41, 5.74) is 1.34. The summed E-state index contributed by atoms with van der Waals surface area (Å²) in [5.74, 6) is 1.13. The van der Waals surface area contributed by atoms with Crippen molar-refractivity contribution in [1.29, 1.82) is 0 Å². The van der Waals surface area contributed by atoms with Gasteiger partial charge in [0, 0.05) is 18.0 Å². The standard InChI is InChI=1S/C22H23FN4O3/c1-4-5-9-24-21-19-20(15-11-17(29-2)18(30-3)12-16(15)25-21)26-27(22(19)28)14-8-6-7-13(23)10-14/h6-8,10-12,26H,4-5,9H2,1-3H3,(H,24,25). The van der Waals surface area contributed by atoms with Crippen LogP contribution in [-0.2, 0) is 0 Å². The Morgan fingerprint density at radius 3 is 2.63 bits per heavy atom. The van der Waals surface area contributed by atoms with Crippen molar-refractivity contribution in [3.63, 3.8) is 0 Å². The maximum absolute atomic E-state index is 13.8. The number of nitrogens with one attached hydrogen (secondary N) is 2. The molecule has 7 nitrogen and oxygen atoms in total. The minimum absolute atomic E-state index is 0.307. The number of pyridine rings is 1. The molecule has 8 heteroatoms. The highest BCUT2D eigenvalue weighted by Gasteiger charge is 2.19. The largest absolute Gasteiger partial charge is 0.493 e. The van der Waals surface area contributed by atoms with E-state index in [-0.39, 0.29) is 5.56 Å². The van der Waals surface area contributed by atoms with Gasteiger partial charge in [-0.2, -0.15) is 0 Å². The fraction of sp³-hybridized carbons (Fsp3) is 0.273. The second-order valence-corrected chi connectivity index (χ2v) is 6.95. The van der Waals surface area contributed by atoms with Crippen LogP contribution in [0, 0.1) is 5.82 Å². The third-order valence-electron chi connectivity index (χ3n) is 5.02.